The van der Waals surface area contributed by atoms with Crippen LogP contribution in [0.15, 0.2) is 24.3 Å². The summed E-state index contributed by atoms with van der Waals surface area (Å²) in [5.41, 5.74) is 1.92. The molecule has 0 bridgehead atoms. The second kappa shape index (κ2) is 7.60. The molecule has 6 heteroatoms. The first-order valence-electron chi connectivity index (χ1n) is 9.98. The number of para-hydroxylation sites is 1. The number of likely N-dealkylation sites (tertiary alicyclic amines) is 1. The zero-order chi connectivity index (χ0) is 19.0. The van der Waals surface area contributed by atoms with Crippen molar-refractivity contribution in [1.82, 2.24) is 4.90 Å². The highest BCUT2D eigenvalue weighted by Gasteiger charge is 2.55. The Hall–Kier alpha value is -1.92. The number of fused-ring (bicyclic) bond motifs is 3. The van der Waals surface area contributed by atoms with Crippen molar-refractivity contribution < 1.29 is 19.4 Å². The highest BCUT2D eigenvalue weighted by atomic mass is 16.5. The van der Waals surface area contributed by atoms with Crippen molar-refractivity contribution in [2.24, 2.45) is 5.92 Å². The van der Waals surface area contributed by atoms with Crippen molar-refractivity contribution >= 4 is 17.5 Å². The quantitative estimate of drug-likeness (QED) is 0.877. The molecular weight excluding hydrogens is 344 g/mol. The van der Waals surface area contributed by atoms with Crippen LogP contribution in [0.2, 0.25) is 0 Å². The van der Waals surface area contributed by atoms with Gasteiger partial charge in [-0.3, -0.25) is 9.59 Å². The molecule has 1 aromatic carbocycles. The van der Waals surface area contributed by atoms with Gasteiger partial charge in [-0.1, -0.05) is 37.5 Å². The molecule has 2 fully saturated rings. The van der Waals surface area contributed by atoms with E-state index in [2.05, 4.69) is 0 Å². The number of methoxy groups -OCH3 is 1. The van der Waals surface area contributed by atoms with E-state index in [4.69, 9.17) is 4.74 Å². The summed E-state index contributed by atoms with van der Waals surface area (Å²) in [6, 6.07) is 7.59. The number of amides is 2. The number of hydrogen-bond donors (Lipinski definition) is 1. The second-order valence-corrected chi connectivity index (χ2v) is 7.92. The van der Waals surface area contributed by atoms with Crippen molar-refractivity contribution in [2.45, 2.75) is 50.1 Å². The Morgan fingerprint density at radius 1 is 1.19 bits per heavy atom. The summed E-state index contributed by atoms with van der Waals surface area (Å²) >= 11 is 0. The first-order chi connectivity index (χ1) is 13.2. The minimum atomic E-state index is -0.190. The number of benzene rings is 1. The lowest BCUT2D eigenvalue weighted by Crippen LogP contribution is -2.71. The van der Waals surface area contributed by atoms with Crippen LogP contribution in [0.4, 0.5) is 5.69 Å². The minimum Gasteiger partial charge on any atom is -0.394 e. The van der Waals surface area contributed by atoms with Gasteiger partial charge >= 0.3 is 0 Å². The molecule has 27 heavy (non-hydrogen) atoms. The number of nitrogens with zero attached hydrogens (tertiary/aromatic N) is 2. The number of carbonyl (C=O) groups excluding carboxylic acids is 2. The van der Waals surface area contributed by atoms with Gasteiger partial charge in [-0.15, -0.1) is 0 Å². The molecule has 3 aliphatic rings. The molecule has 4 rings (SSSR count). The van der Waals surface area contributed by atoms with E-state index in [0.29, 0.717) is 6.54 Å². The van der Waals surface area contributed by atoms with Gasteiger partial charge in [-0.2, -0.15) is 0 Å². The van der Waals surface area contributed by atoms with Gasteiger partial charge in [-0.05, 0) is 24.5 Å². The maximum absolute atomic E-state index is 13.2. The van der Waals surface area contributed by atoms with Crippen LogP contribution in [0.5, 0.6) is 0 Å². The molecule has 3 atom stereocenters. The molecule has 1 saturated carbocycles. The lowest BCUT2D eigenvalue weighted by Gasteiger charge is -2.59. The largest absolute Gasteiger partial charge is 0.394 e. The van der Waals surface area contributed by atoms with Crippen LogP contribution in [0.3, 0.4) is 0 Å². The number of aliphatic hydroxyl groups excluding tert-OH is 1. The van der Waals surface area contributed by atoms with Crippen molar-refractivity contribution in [3.05, 3.63) is 29.8 Å². The van der Waals surface area contributed by atoms with Crippen molar-refractivity contribution in [1.29, 1.82) is 0 Å². The summed E-state index contributed by atoms with van der Waals surface area (Å²) in [7, 11) is 1.51. The van der Waals surface area contributed by atoms with E-state index in [1.807, 2.05) is 29.2 Å². The van der Waals surface area contributed by atoms with Crippen LogP contribution in [-0.2, 0) is 14.3 Å². The molecule has 0 aromatic heterocycles. The molecule has 1 aromatic rings. The van der Waals surface area contributed by atoms with Crippen LogP contribution in [-0.4, -0.2) is 60.8 Å². The Labute approximate surface area is 160 Å². The predicted octanol–water partition coefficient (Wildman–Crippen LogP) is 1.92. The summed E-state index contributed by atoms with van der Waals surface area (Å²) in [5.74, 6) is 0.216. The SMILES string of the molecule is COCC(=O)N1C[C@@H]2[C@H](c3ccccc31)[C@@H](CO)N2C(=O)C1CCCCC1. The van der Waals surface area contributed by atoms with E-state index < -0.39 is 0 Å². The van der Waals surface area contributed by atoms with Crippen molar-refractivity contribution in [3.8, 4) is 0 Å². The van der Waals surface area contributed by atoms with Crippen LogP contribution in [0, 0.1) is 5.92 Å². The van der Waals surface area contributed by atoms with Gasteiger partial charge in [0.05, 0.1) is 18.7 Å². The van der Waals surface area contributed by atoms with Crippen LogP contribution >= 0.6 is 0 Å². The standard InChI is InChI=1S/C21H28N2O4/c1-27-13-19(25)22-11-17-20(15-9-5-6-10-16(15)22)18(12-24)23(17)21(26)14-7-3-2-4-8-14/h5-6,9-10,14,17-18,20,24H,2-4,7-8,11-13H2,1H3/t17-,18-,20+/m1/s1. The highest BCUT2D eigenvalue weighted by Crippen LogP contribution is 2.49. The van der Waals surface area contributed by atoms with E-state index in [0.717, 1.165) is 36.9 Å². The minimum absolute atomic E-state index is 0.0196. The van der Waals surface area contributed by atoms with Gasteiger partial charge in [0.25, 0.3) is 5.91 Å². The molecule has 1 aliphatic carbocycles. The fraction of sp³-hybridized carbons (Fsp3) is 0.619. The summed E-state index contributed by atoms with van der Waals surface area (Å²) in [6.07, 6.45) is 5.28. The molecule has 0 spiro atoms. The normalized spacial score (nSPS) is 27.6. The maximum Gasteiger partial charge on any atom is 0.253 e. The van der Waals surface area contributed by atoms with Gasteiger partial charge in [0.15, 0.2) is 0 Å². The number of ether oxygens (including phenoxy) is 1. The van der Waals surface area contributed by atoms with Gasteiger partial charge in [0, 0.05) is 31.2 Å². The fourth-order valence-corrected chi connectivity index (χ4v) is 5.19. The monoisotopic (exact) mass is 372 g/mol. The van der Waals surface area contributed by atoms with Crippen LogP contribution < -0.4 is 4.90 Å². The average Bonchev–Trinajstić information content (AvgIpc) is 2.69. The second-order valence-electron chi connectivity index (χ2n) is 7.92. The van der Waals surface area contributed by atoms with Crippen LogP contribution in [0.25, 0.3) is 0 Å². The van der Waals surface area contributed by atoms with Gasteiger partial charge in [0.1, 0.15) is 6.61 Å². The topological polar surface area (TPSA) is 70.1 Å². The Balaban J connectivity index is 1.64. The maximum atomic E-state index is 13.2. The molecular formula is C21H28N2O4. The number of anilines is 1. The Morgan fingerprint density at radius 3 is 2.63 bits per heavy atom. The molecule has 6 nitrogen and oxygen atoms in total. The molecule has 0 unspecified atom stereocenters. The zero-order valence-electron chi connectivity index (χ0n) is 15.8. The summed E-state index contributed by atoms with van der Waals surface area (Å²) in [5, 5.41) is 10.0. The first-order valence-corrected chi connectivity index (χ1v) is 9.98. The Bertz CT molecular complexity index is 716. The average molecular weight is 372 g/mol. The lowest BCUT2D eigenvalue weighted by atomic mass is 9.71. The molecule has 2 heterocycles. The third kappa shape index (κ3) is 3.05. The third-order valence-corrected chi connectivity index (χ3v) is 6.46. The van der Waals surface area contributed by atoms with E-state index in [1.165, 1.54) is 13.5 Å². The number of rotatable bonds is 4. The molecule has 2 aliphatic heterocycles. The highest BCUT2D eigenvalue weighted by molar-refractivity contribution is 5.96. The first kappa shape index (κ1) is 18.4. The smallest absolute Gasteiger partial charge is 0.253 e. The van der Waals surface area contributed by atoms with Gasteiger partial charge in [-0.25, -0.2) is 0 Å². The lowest BCUT2D eigenvalue weighted by molar-refractivity contribution is -0.156. The van der Waals surface area contributed by atoms with Crippen LogP contribution in [0.1, 0.15) is 43.6 Å². The summed E-state index contributed by atoms with van der Waals surface area (Å²) < 4.78 is 5.05. The van der Waals surface area contributed by atoms with Gasteiger partial charge < -0.3 is 19.6 Å². The zero-order valence-corrected chi connectivity index (χ0v) is 15.8. The fourth-order valence-electron chi connectivity index (χ4n) is 5.19. The van der Waals surface area contributed by atoms with E-state index in [-0.39, 0.29) is 48.9 Å². The molecule has 0 radical (unpaired) electrons. The molecule has 146 valence electrons. The molecule has 1 N–H and O–H groups in total. The third-order valence-electron chi connectivity index (χ3n) is 6.46. The van der Waals surface area contributed by atoms with Gasteiger partial charge in [0.2, 0.25) is 5.91 Å². The Kier molecular flexibility index (Phi) is 5.19. The molecule has 1 saturated heterocycles. The van der Waals surface area contributed by atoms with E-state index in [1.54, 1.807) is 4.90 Å². The van der Waals surface area contributed by atoms with Crippen molar-refractivity contribution in [3.63, 3.8) is 0 Å². The number of hydrogen-bond acceptors (Lipinski definition) is 4. The summed E-state index contributed by atoms with van der Waals surface area (Å²) in [4.78, 5) is 29.4. The molecule has 2 amide bonds. The van der Waals surface area contributed by atoms with E-state index >= 15 is 0 Å². The summed E-state index contributed by atoms with van der Waals surface area (Å²) in [6.45, 7) is 0.449. The number of aliphatic hydroxyl groups is 1. The van der Waals surface area contributed by atoms with E-state index in [9.17, 15) is 14.7 Å². The Morgan fingerprint density at radius 2 is 1.93 bits per heavy atom. The number of carbonyl (C=O) groups is 2. The predicted molar refractivity (Wildman–Crippen MR) is 101 cm³/mol. The van der Waals surface area contributed by atoms with Crippen molar-refractivity contribution in [2.75, 3.05) is 31.8 Å².